The number of nitrogens with zero attached hydrogens (tertiary/aromatic N) is 2. The number of hydrogen-bond donors (Lipinski definition) is 1. The molecule has 1 heterocycles. The predicted molar refractivity (Wildman–Crippen MR) is 82.4 cm³/mol. The van der Waals surface area contributed by atoms with Gasteiger partial charge in [-0.25, -0.2) is 9.97 Å². The molecule has 0 bridgehead atoms. The molecule has 11 heteroatoms. The highest BCUT2D eigenvalue weighted by atomic mass is 32.2. The maximum Gasteiger partial charge on any atom is 0.433 e. The third kappa shape index (κ3) is 5.35. The second-order valence-electron chi connectivity index (χ2n) is 5.05. The van der Waals surface area contributed by atoms with E-state index in [-0.39, 0.29) is 10.8 Å². The van der Waals surface area contributed by atoms with Crippen LogP contribution in [0.3, 0.4) is 0 Å². The molecule has 0 aliphatic heterocycles. The largest absolute Gasteiger partial charge is 0.433 e. The molecule has 1 amide bonds. The normalized spacial score (nSPS) is 13.3. The highest BCUT2D eigenvalue weighted by molar-refractivity contribution is 8.00. The fraction of sp³-hybridized carbons (Fsp3) is 0.267. The first-order valence-electron chi connectivity index (χ1n) is 7.02. The van der Waals surface area contributed by atoms with Crippen molar-refractivity contribution < 1.29 is 31.1 Å². The van der Waals surface area contributed by atoms with Crippen molar-refractivity contribution in [1.82, 2.24) is 9.97 Å². The Bertz CT molecular complexity index is 793. The number of thioether (sulfide) groups is 1. The van der Waals surface area contributed by atoms with Crippen LogP contribution in [0, 0.1) is 0 Å². The minimum atomic E-state index is -4.65. The summed E-state index contributed by atoms with van der Waals surface area (Å²) in [5.74, 6) is -0.699. The summed E-state index contributed by atoms with van der Waals surface area (Å²) in [5.41, 5.74) is -2.17. The van der Waals surface area contributed by atoms with Crippen LogP contribution in [0.15, 0.2) is 41.7 Å². The van der Waals surface area contributed by atoms with Crippen LogP contribution in [-0.2, 0) is 17.1 Å². The molecule has 0 unspecified atom stereocenters. The van der Waals surface area contributed by atoms with E-state index in [0.717, 1.165) is 24.4 Å². The van der Waals surface area contributed by atoms with Crippen LogP contribution in [0.2, 0.25) is 0 Å². The van der Waals surface area contributed by atoms with Crippen molar-refractivity contribution >= 4 is 23.4 Å². The Balaban J connectivity index is 2.07. The zero-order chi connectivity index (χ0) is 19.5. The van der Waals surface area contributed by atoms with E-state index < -0.39 is 34.8 Å². The van der Waals surface area contributed by atoms with Crippen LogP contribution >= 0.6 is 11.8 Å². The molecule has 2 rings (SSSR count). The average molecular weight is 395 g/mol. The van der Waals surface area contributed by atoms with E-state index in [1.807, 2.05) is 0 Å². The zero-order valence-electron chi connectivity index (χ0n) is 13.0. The number of rotatable bonds is 4. The molecule has 1 atom stereocenters. The molecule has 1 aromatic heterocycles. The smallest absolute Gasteiger partial charge is 0.325 e. The van der Waals surface area contributed by atoms with Crippen molar-refractivity contribution in [2.45, 2.75) is 29.7 Å². The molecule has 0 saturated carbocycles. The Labute approximate surface area is 148 Å². The van der Waals surface area contributed by atoms with E-state index in [0.29, 0.717) is 17.8 Å². The second-order valence-corrected chi connectivity index (χ2v) is 6.36. The van der Waals surface area contributed by atoms with E-state index in [9.17, 15) is 31.1 Å². The van der Waals surface area contributed by atoms with Crippen LogP contribution in [0.5, 0.6) is 0 Å². The SMILES string of the molecule is C[C@H](Sc1nccc(C(F)(F)F)n1)C(=O)Nc1cccc(C(F)(F)F)c1. The van der Waals surface area contributed by atoms with Gasteiger partial charge in [-0.2, -0.15) is 26.3 Å². The van der Waals surface area contributed by atoms with Gasteiger partial charge in [0.15, 0.2) is 5.16 Å². The van der Waals surface area contributed by atoms with Gasteiger partial charge in [-0.05, 0) is 31.2 Å². The van der Waals surface area contributed by atoms with E-state index in [2.05, 4.69) is 15.3 Å². The van der Waals surface area contributed by atoms with Gasteiger partial charge < -0.3 is 5.32 Å². The molecule has 1 N–H and O–H groups in total. The van der Waals surface area contributed by atoms with Crippen molar-refractivity contribution in [3.63, 3.8) is 0 Å². The minimum absolute atomic E-state index is 0.0813. The predicted octanol–water partition coefficient (Wildman–Crippen LogP) is 4.63. The van der Waals surface area contributed by atoms with Gasteiger partial charge in [0.05, 0.1) is 10.8 Å². The van der Waals surface area contributed by atoms with E-state index in [4.69, 9.17) is 0 Å². The van der Waals surface area contributed by atoms with Crippen molar-refractivity contribution in [1.29, 1.82) is 0 Å². The second kappa shape index (κ2) is 7.52. The Hall–Kier alpha value is -2.30. The Morgan fingerprint density at radius 2 is 1.81 bits per heavy atom. The van der Waals surface area contributed by atoms with E-state index >= 15 is 0 Å². The molecular weight excluding hydrogens is 384 g/mol. The van der Waals surface area contributed by atoms with Gasteiger partial charge in [0.25, 0.3) is 0 Å². The molecule has 26 heavy (non-hydrogen) atoms. The number of hydrogen-bond acceptors (Lipinski definition) is 4. The number of carbonyl (C=O) groups excluding carboxylic acids is 1. The van der Waals surface area contributed by atoms with Gasteiger partial charge in [-0.3, -0.25) is 4.79 Å². The molecule has 4 nitrogen and oxygen atoms in total. The molecule has 1 aromatic carbocycles. The minimum Gasteiger partial charge on any atom is -0.325 e. The molecule has 0 radical (unpaired) electrons. The lowest BCUT2D eigenvalue weighted by Gasteiger charge is -2.13. The lowest BCUT2D eigenvalue weighted by atomic mass is 10.2. The van der Waals surface area contributed by atoms with Crippen LogP contribution in [0.25, 0.3) is 0 Å². The number of alkyl halides is 6. The molecule has 0 fully saturated rings. The summed E-state index contributed by atoms with van der Waals surface area (Å²) < 4.78 is 75.8. The fourth-order valence-electron chi connectivity index (χ4n) is 1.78. The highest BCUT2D eigenvalue weighted by Gasteiger charge is 2.33. The average Bonchev–Trinajstić information content (AvgIpc) is 2.53. The number of benzene rings is 1. The summed E-state index contributed by atoms with van der Waals surface area (Å²) >= 11 is 0.654. The summed E-state index contributed by atoms with van der Waals surface area (Å²) in [7, 11) is 0. The van der Waals surface area contributed by atoms with Gasteiger partial charge in [0, 0.05) is 11.9 Å². The van der Waals surface area contributed by atoms with E-state index in [1.165, 1.54) is 13.0 Å². The highest BCUT2D eigenvalue weighted by Crippen LogP contribution is 2.31. The fourth-order valence-corrected chi connectivity index (χ4v) is 2.54. The van der Waals surface area contributed by atoms with Crippen molar-refractivity contribution in [3.8, 4) is 0 Å². The van der Waals surface area contributed by atoms with Crippen LogP contribution in [0.4, 0.5) is 32.0 Å². The van der Waals surface area contributed by atoms with Gasteiger partial charge >= 0.3 is 12.4 Å². The number of carbonyl (C=O) groups is 1. The lowest BCUT2D eigenvalue weighted by molar-refractivity contribution is -0.141. The Morgan fingerprint density at radius 3 is 2.42 bits per heavy atom. The summed E-state index contributed by atoms with van der Waals surface area (Å²) in [4.78, 5) is 19.0. The molecule has 2 aromatic rings. The molecular formula is C15H11F6N3OS. The first-order chi connectivity index (χ1) is 12.0. The van der Waals surface area contributed by atoms with E-state index in [1.54, 1.807) is 0 Å². The number of aromatic nitrogens is 2. The third-order valence-corrected chi connectivity index (χ3v) is 4.01. The first-order valence-corrected chi connectivity index (χ1v) is 7.90. The summed E-state index contributed by atoms with van der Waals surface area (Å²) in [6, 6.07) is 4.70. The van der Waals surface area contributed by atoms with Crippen molar-refractivity contribution in [2.24, 2.45) is 0 Å². The van der Waals surface area contributed by atoms with Crippen molar-refractivity contribution in [3.05, 3.63) is 47.8 Å². The van der Waals surface area contributed by atoms with Crippen LogP contribution in [-0.4, -0.2) is 21.1 Å². The number of halogens is 6. The summed E-state index contributed by atoms with van der Waals surface area (Å²) in [5, 5.41) is 1.07. The molecule has 0 aliphatic rings. The Kier molecular flexibility index (Phi) is 5.79. The quantitative estimate of drug-likeness (QED) is 0.466. The molecule has 0 spiro atoms. The standard InChI is InChI=1S/C15H11F6N3OS/c1-8(26-13-22-6-5-11(24-13)15(19,20)21)12(25)23-10-4-2-3-9(7-10)14(16,17)18/h2-8H,1H3,(H,23,25)/t8-/m0/s1. The van der Waals surface area contributed by atoms with Crippen molar-refractivity contribution in [2.75, 3.05) is 5.32 Å². The number of amides is 1. The van der Waals surface area contributed by atoms with Gasteiger partial charge in [-0.1, -0.05) is 17.8 Å². The number of anilines is 1. The summed E-state index contributed by atoms with van der Waals surface area (Å²) in [6.45, 7) is 1.37. The topological polar surface area (TPSA) is 54.9 Å². The van der Waals surface area contributed by atoms with Gasteiger partial charge in [-0.15, -0.1) is 0 Å². The first kappa shape index (κ1) is 20.0. The Morgan fingerprint density at radius 1 is 1.12 bits per heavy atom. The van der Waals surface area contributed by atoms with Crippen LogP contribution in [0.1, 0.15) is 18.2 Å². The lowest BCUT2D eigenvalue weighted by Crippen LogP contribution is -2.23. The molecule has 0 saturated heterocycles. The molecule has 0 aliphatic carbocycles. The summed E-state index contributed by atoms with van der Waals surface area (Å²) in [6.07, 6.45) is -8.30. The maximum absolute atomic E-state index is 12.7. The van der Waals surface area contributed by atoms with Gasteiger partial charge in [0.2, 0.25) is 5.91 Å². The van der Waals surface area contributed by atoms with Crippen LogP contribution < -0.4 is 5.32 Å². The zero-order valence-corrected chi connectivity index (χ0v) is 13.8. The molecule has 140 valence electrons. The maximum atomic E-state index is 12.7. The monoisotopic (exact) mass is 395 g/mol. The number of nitrogens with one attached hydrogen (secondary N) is 1. The third-order valence-electron chi connectivity index (χ3n) is 3.03. The van der Waals surface area contributed by atoms with Gasteiger partial charge in [0.1, 0.15) is 5.69 Å².